The van der Waals surface area contributed by atoms with Gasteiger partial charge in [-0.1, -0.05) is 18.5 Å². The van der Waals surface area contributed by atoms with Gasteiger partial charge in [0.1, 0.15) is 0 Å². The number of nitrogens with one attached hydrogen (secondary N) is 1. The van der Waals surface area contributed by atoms with Crippen LogP contribution in [0.5, 0.6) is 0 Å². The molecule has 0 spiro atoms. The maximum absolute atomic E-state index is 6.21. The van der Waals surface area contributed by atoms with Crippen molar-refractivity contribution in [2.75, 3.05) is 6.54 Å². The van der Waals surface area contributed by atoms with Crippen molar-refractivity contribution in [3.63, 3.8) is 0 Å². The van der Waals surface area contributed by atoms with Crippen molar-refractivity contribution in [3.05, 3.63) is 43.9 Å². The Morgan fingerprint density at radius 1 is 1.53 bits per heavy atom. The Morgan fingerprint density at radius 2 is 2.35 bits per heavy atom. The van der Waals surface area contributed by atoms with Crippen molar-refractivity contribution < 1.29 is 4.42 Å². The minimum absolute atomic E-state index is 0.0931. The molecule has 2 rings (SSSR count). The second-order valence-electron chi connectivity index (χ2n) is 3.67. The molecular formula is C12H13BrClNOS. The maximum atomic E-state index is 6.21. The molecule has 0 fully saturated rings. The van der Waals surface area contributed by atoms with Crippen LogP contribution >= 0.6 is 38.9 Å². The van der Waals surface area contributed by atoms with Crippen LogP contribution in [0.1, 0.15) is 29.8 Å². The van der Waals surface area contributed by atoms with Gasteiger partial charge in [0.25, 0.3) is 0 Å². The predicted molar refractivity (Wildman–Crippen MR) is 75.9 cm³/mol. The molecule has 0 aliphatic carbocycles. The van der Waals surface area contributed by atoms with E-state index in [9.17, 15) is 0 Å². The first-order valence-corrected chi connectivity index (χ1v) is 7.48. The Labute approximate surface area is 118 Å². The molecule has 0 amide bonds. The Balaban J connectivity index is 2.32. The van der Waals surface area contributed by atoms with E-state index in [1.165, 1.54) is 0 Å². The van der Waals surface area contributed by atoms with E-state index in [2.05, 4.69) is 28.2 Å². The Hall–Kier alpha value is -0.290. The van der Waals surface area contributed by atoms with E-state index in [1.54, 1.807) is 17.6 Å². The summed E-state index contributed by atoms with van der Waals surface area (Å²) in [5.74, 6) is 0. The summed E-state index contributed by atoms with van der Waals surface area (Å²) in [6.45, 7) is 3.08. The lowest BCUT2D eigenvalue weighted by atomic mass is 10.1. The number of thiophene rings is 1. The number of furan rings is 1. The van der Waals surface area contributed by atoms with Gasteiger partial charge in [0, 0.05) is 10.4 Å². The van der Waals surface area contributed by atoms with Crippen molar-refractivity contribution in [1.29, 1.82) is 0 Å². The van der Waals surface area contributed by atoms with Gasteiger partial charge < -0.3 is 9.73 Å². The second-order valence-corrected chi connectivity index (χ2v) is 5.74. The summed E-state index contributed by atoms with van der Waals surface area (Å²) in [6, 6.07) is 3.99. The van der Waals surface area contributed by atoms with Crippen molar-refractivity contribution in [3.8, 4) is 0 Å². The fraction of sp³-hybridized carbons (Fsp3) is 0.333. The molecule has 17 heavy (non-hydrogen) atoms. The molecule has 0 radical (unpaired) electrons. The van der Waals surface area contributed by atoms with Gasteiger partial charge in [0.2, 0.25) is 0 Å². The van der Waals surface area contributed by atoms with Crippen LogP contribution in [0.15, 0.2) is 32.9 Å². The van der Waals surface area contributed by atoms with Gasteiger partial charge in [-0.3, -0.25) is 0 Å². The normalized spacial score (nSPS) is 12.9. The fourth-order valence-electron chi connectivity index (χ4n) is 1.65. The zero-order valence-electron chi connectivity index (χ0n) is 9.37. The van der Waals surface area contributed by atoms with Crippen LogP contribution in [0.3, 0.4) is 0 Å². The SMILES string of the molecule is CCCNC(c1ccoc1Br)c1sccc1Cl. The van der Waals surface area contributed by atoms with E-state index >= 15 is 0 Å². The van der Waals surface area contributed by atoms with Crippen LogP contribution in [-0.2, 0) is 0 Å². The van der Waals surface area contributed by atoms with E-state index in [0.717, 1.165) is 33.1 Å². The molecule has 1 unspecified atom stereocenters. The lowest BCUT2D eigenvalue weighted by molar-refractivity contribution is 0.525. The molecule has 0 saturated heterocycles. The van der Waals surface area contributed by atoms with Gasteiger partial charge >= 0.3 is 0 Å². The van der Waals surface area contributed by atoms with Crippen LogP contribution in [0.4, 0.5) is 0 Å². The van der Waals surface area contributed by atoms with Crippen LogP contribution in [0, 0.1) is 0 Å². The minimum atomic E-state index is 0.0931. The first kappa shape index (κ1) is 13.1. The summed E-state index contributed by atoms with van der Waals surface area (Å²) in [7, 11) is 0. The Morgan fingerprint density at radius 3 is 2.88 bits per heavy atom. The molecule has 1 N–H and O–H groups in total. The molecule has 1 atom stereocenters. The van der Waals surface area contributed by atoms with E-state index in [0.29, 0.717) is 0 Å². The van der Waals surface area contributed by atoms with E-state index in [4.69, 9.17) is 16.0 Å². The van der Waals surface area contributed by atoms with E-state index in [1.807, 2.05) is 17.5 Å². The predicted octanol–water partition coefficient (Wildman–Crippen LogP) is 4.85. The standard InChI is InChI=1S/C12H13BrClNOS/c1-2-5-15-10(8-3-6-16-12(8)13)11-9(14)4-7-17-11/h3-4,6-7,10,15H,2,5H2,1H3. The highest BCUT2D eigenvalue weighted by molar-refractivity contribution is 9.10. The summed E-state index contributed by atoms with van der Waals surface area (Å²) in [5, 5.41) is 6.30. The fourth-order valence-corrected chi connectivity index (χ4v) is 3.38. The van der Waals surface area contributed by atoms with E-state index in [-0.39, 0.29) is 6.04 Å². The van der Waals surface area contributed by atoms with Gasteiger partial charge in [-0.25, -0.2) is 0 Å². The van der Waals surface area contributed by atoms with Gasteiger partial charge in [-0.05, 0) is 46.4 Å². The molecule has 2 aromatic rings. The summed E-state index contributed by atoms with van der Waals surface area (Å²) in [6.07, 6.45) is 2.76. The van der Waals surface area contributed by atoms with Crippen molar-refractivity contribution in [2.24, 2.45) is 0 Å². The third-order valence-corrected chi connectivity index (χ3v) is 4.53. The molecule has 5 heteroatoms. The monoisotopic (exact) mass is 333 g/mol. The molecule has 0 aliphatic rings. The third kappa shape index (κ3) is 2.94. The lowest BCUT2D eigenvalue weighted by Gasteiger charge is -2.16. The molecule has 0 bridgehead atoms. The largest absolute Gasteiger partial charge is 0.457 e. The molecule has 0 aromatic carbocycles. The second kappa shape index (κ2) is 6.05. The summed E-state index contributed by atoms with van der Waals surface area (Å²) in [5.41, 5.74) is 1.09. The van der Waals surface area contributed by atoms with Crippen molar-refractivity contribution in [2.45, 2.75) is 19.4 Å². The number of rotatable bonds is 5. The highest BCUT2D eigenvalue weighted by Crippen LogP contribution is 2.36. The minimum Gasteiger partial charge on any atom is -0.457 e. The Kier molecular flexibility index (Phi) is 4.68. The molecule has 2 aromatic heterocycles. The van der Waals surface area contributed by atoms with Crippen LogP contribution in [-0.4, -0.2) is 6.54 Å². The molecule has 2 heterocycles. The van der Waals surface area contributed by atoms with Gasteiger partial charge in [0.15, 0.2) is 4.67 Å². The smallest absolute Gasteiger partial charge is 0.174 e. The Bertz CT molecular complexity index is 442. The zero-order chi connectivity index (χ0) is 12.3. The van der Waals surface area contributed by atoms with Crippen LogP contribution in [0.2, 0.25) is 5.02 Å². The molecule has 92 valence electrons. The topological polar surface area (TPSA) is 25.2 Å². The average molecular weight is 335 g/mol. The lowest BCUT2D eigenvalue weighted by Crippen LogP contribution is -2.22. The molecule has 0 saturated carbocycles. The average Bonchev–Trinajstić information content (AvgIpc) is 2.90. The van der Waals surface area contributed by atoms with E-state index < -0.39 is 0 Å². The van der Waals surface area contributed by atoms with Gasteiger partial charge in [-0.15, -0.1) is 11.3 Å². The van der Waals surface area contributed by atoms with Crippen molar-refractivity contribution in [1.82, 2.24) is 5.32 Å². The van der Waals surface area contributed by atoms with Crippen LogP contribution in [0.25, 0.3) is 0 Å². The summed E-state index contributed by atoms with van der Waals surface area (Å²) >= 11 is 11.3. The first-order chi connectivity index (χ1) is 8.24. The summed E-state index contributed by atoms with van der Waals surface area (Å²) in [4.78, 5) is 1.13. The highest BCUT2D eigenvalue weighted by Gasteiger charge is 2.21. The quantitative estimate of drug-likeness (QED) is 0.846. The third-order valence-electron chi connectivity index (χ3n) is 2.46. The zero-order valence-corrected chi connectivity index (χ0v) is 12.5. The van der Waals surface area contributed by atoms with Gasteiger partial charge in [0.05, 0.1) is 17.3 Å². The summed E-state index contributed by atoms with van der Waals surface area (Å²) < 4.78 is 6.06. The maximum Gasteiger partial charge on any atom is 0.174 e. The molecule has 0 aliphatic heterocycles. The highest BCUT2D eigenvalue weighted by atomic mass is 79.9. The van der Waals surface area contributed by atoms with Gasteiger partial charge in [-0.2, -0.15) is 0 Å². The van der Waals surface area contributed by atoms with Crippen molar-refractivity contribution >= 4 is 38.9 Å². The number of halogens is 2. The number of hydrogen-bond acceptors (Lipinski definition) is 3. The first-order valence-electron chi connectivity index (χ1n) is 5.43. The molecular weight excluding hydrogens is 322 g/mol. The van der Waals surface area contributed by atoms with Crippen LogP contribution < -0.4 is 5.32 Å². The molecule has 2 nitrogen and oxygen atoms in total. The number of hydrogen-bond donors (Lipinski definition) is 1.